The summed E-state index contributed by atoms with van der Waals surface area (Å²) in [6, 6.07) is 5.04. The van der Waals surface area contributed by atoms with Gasteiger partial charge in [0, 0.05) is 17.5 Å². The fourth-order valence-electron chi connectivity index (χ4n) is 5.12. The molecule has 4 rings (SSSR count). The zero-order valence-corrected chi connectivity index (χ0v) is 16.7. The first-order valence-electron chi connectivity index (χ1n) is 9.59. The molecule has 7 heteroatoms. The molecule has 0 bridgehead atoms. The molecule has 3 heterocycles. The Morgan fingerprint density at radius 1 is 1.22 bits per heavy atom. The number of rotatable bonds is 3. The molecule has 3 N–H and O–H groups in total. The summed E-state index contributed by atoms with van der Waals surface area (Å²) in [6.07, 6.45) is 0.689. The predicted molar refractivity (Wildman–Crippen MR) is 101 cm³/mol. The van der Waals surface area contributed by atoms with E-state index in [-0.39, 0.29) is 35.7 Å². The van der Waals surface area contributed by atoms with Gasteiger partial charge in [-0.05, 0) is 25.5 Å². The fourth-order valence-corrected chi connectivity index (χ4v) is 5.35. The van der Waals surface area contributed by atoms with Gasteiger partial charge in [-0.25, -0.2) is 0 Å². The second-order valence-electron chi connectivity index (χ2n) is 8.28. The van der Waals surface area contributed by atoms with Crippen molar-refractivity contribution in [2.24, 2.45) is 17.8 Å². The highest BCUT2D eigenvalue weighted by atomic mass is 35.5. The minimum absolute atomic E-state index is 0.140. The number of halogens is 1. The number of nitrogens with zero attached hydrogens (tertiary/aromatic N) is 1. The lowest BCUT2D eigenvalue weighted by atomic mass is 9.76. The monoisotopic (exact) mass is 390 g/mol. The number of amides is 3. The van der Waals surface area contributed by atoms with E-state index in [4.69, 9.17) is 11.6 Å². The van der Waals surface area contributed by atoms with Gasteiger partial charge in [0.15, 0.2) is 0 Å². The highest BCUT2D eigenvalue weighted by Crippen LogP contribution is 2.51. The standard InChI is InChI=1S/C20H24ClN3O3/c1-5-10(4)24-17(25)13-14(18(24)26)20(23-15(13)9(2)3)11-7-6-8-12(21)16(11)22-19(20)27/h6-10,13-15,23H,5H2,1-4H3,(H,22,27)/p+1/t10-,13+,14+,15-,20+/m1/s1. The topological polar surface area (TPSA) is 83.1 Å². The summed E-state index contributed by atoms with van der Waals surface area (Å²) >= 11 is 6.31. The van der Waals surface area contributed by atoms with E-state index in [1.165, 1.54) is 4.90 Å². The summed E-state index contributed by atoms with van der Waals surface area (Å²) in [5, 5.41) is 5.28. The van der Waals surface area contributed by atoms with E-state index < -0.39 is 17.4 Å². The average molecular weight is 391 g/mol. The lowest BCUT2D eigenvalue weighted by Crippen LogP contribution is -2.99. The number of hydrogen-bond donors (Lipinski definition) is 2. The van der Waals surface area contributed by atoms with Crippen LogP contribution in [0.2, 0.25) is 5.02 Å². The molecule has 27 heavy (non-hydrogen) atoms. The molecule has 5 atom stereocenters. The van der Waals surface area contributed by atoms with Gasteiger partial charge in [0.05, 0.1) is 10.7 Å². The van der Waals surface area contributed by atoms with E-state index in [1.54, 1.807) is 12.1 Å². The van der Waals surface area contributed by atoms with Gasteiger partial charge in [0.1, 0.15) is 17.9 Å². The Hall–Kier alpha value is -1.92. The van der Waals surface area contributed by atoms with Gasteiger partial charge in [-0.15, -0.1) is 0 Å². The quantitative estimate of drug-likeness (QED) is 0.767. The van der Waals surface area contributed by atoms with Crippen LogP contribution in [-0.2, 0) is 19.9 Å². The lowest BCUT2D eigenvalue weighted by molar-refractivity contribution is -0.738. The van der Waals surface area contributed by atoms with Crippen LogP contribution in [0.25, 0.3) is 0 Å². The van der Waals surface area contributed by atoms with Crippen molar-refractivity contribution in [2.75, 3.05) is 5.32 Å². The number of anilines is 1. The summed E-state index contributed by atoms with van der Waals surface area (Å²) < 4.78 is 0. The molecule has 0 saturated carbocycles. The number of nitrogens with two attached hydrogens (primary N) is 1. The number of likely N-dealkylation sites (tertiary alicyclic amines) is 1. The van der Waals surface area contributed by atoms with E-state index in [2.05, 4.69) is 5.32 Å². The van der Waals surface area contributed by atoms with E-state index in [1.807, 2.05) is 39.1 Å². The second kappa shape index (κ2) is 6.04. The third-order valence-corrected chi connectivity index (χ3v) is 6.94. The van der Waals surface area contributed by atoms with Crippen molar-refractivity contribution in [1.82, 2.24) is 4.90 Å². The molecule has 0 aromatic heterocycles. The van der Waals surface area contributed by atoms with Crippen LogP contribution in [0.3, 0.4) is 0 Å². The van der Waals surface area contributed by atoms with E-state index in [0.29, 0.717) is 22.7 Å². The molecular formula is C20H25ClN3O3+. The first kappa shape index (κ1) is 18.4. The van der Waals surface area contributed by atoms with E-state index in [0.717, 1.165) is 0 Å². The van der Waals surface area contributed by atoms with Gasteiger partial charge >= 0.3 is 0 Å². The van der Waals surface area contributed by atoms with Gasteiger partial charge in [-0.3, -0.25) is 19.3 Å². The minimum Gasteiger partial charge on any atom is -0.326 e. The Kier molecular flexibility index (Phi) is 4.13. The summed E-state index contributed by atoms with van der Waals surface area (Å²) in [5.74, 6) is -1.69. The van der Waals surface area contributed by atoms with Gasteiger partial charge in [-0.2, -0.15) is 0 Å². The molecule has 3 aliphatic heterocycles. The van der Waals surface area contributed by atoms with Crippen LogP contribution in [0, 0.1) is 17.8 Å². The Morgan fingerprint density at radius 3 is 2.56 bits per heavy atom. The SMILES string of the molecule is CC[C@@H](C)N1C(=O)[C@@H]2[C@@H](C(C)C)[NH2+][C@]3(C(=O)Nc4c(Cl)cccc43)[C@@H]2C1=O. The summed E-state index contributed by atoms with van der Waals surface area (Å²) in [7, 11) is 0. The summed E-state index contributed by atoms with van der Waals surface area (Å²) in [4.78, 5) is 41.3. The highest BCUT2D eigenvalue weighted by molar-refractivity contribution is 6.35. The normalized spacial score (nSPS) is 33.0. The van der Waals surface area contributed by atoms with Crippen LogP contribution in [0.15, 0.2) is 18.2 Å². The van der Waals surface area contributed by atoms with Crippen LogP contribution < -0.4 is 10.6 Å². The lowest BCUT2D eigenvalue weighted by Gasteiger charge is -2.29. The Balaban J connectivity index is 1.92. The van der Waals surface area contributed by atoms with Crippen LogP contribution in [0.4, 0.5) is 5.69 Å². The Labute approximate surface area is 163 Å². The second-order valence-corrected chi connectivity index (χ2v) is 8.69. The predicted octanol–water partition coefficient (Wildman–Crippen LogP) is 1.49. The first-order chi connectivity index (χ1) is 12.8. The number of para-hydroxylation sites is 1. The smallest absolute Gasteiger partial charge is 0.291 e. The molecule has 3 amide bonds. The highest BCUT2D eigenvalue weighted by Gasteiger charge is 2.74. The number of imide groups is 1. The van der Waals surface area contributed by atoms with Crippen molar-refractivity contribution in [3.63, 3.8) is 0 Å². The molecule has 2 fully saturated rings. The Morgan fingerprint density at radius 2 is 1.93 bits per heavy atom. The Bertz CT molecular complexity index is 855. The molecule has 1 spiro atoms. The van der Waals surface area contributed by atoms with Crippen molar-refractivity contribution in [1.29, 1.82) is 0 Å². The molecule has 6 nitrogen and oxygen atoms in total. The number of nitrogens with one attached hydrogen (secondary N) is 1. The maximum Gasteiger partial charge on any atom is 0.291 e. The van der Waals surface area contributed by atoms with Crippen molar-refractivity contribution >= 4 is 35.0 Å². The van der Waals surface area contributed by atoms with Crippen LogP contribution in [0.1, 0.15) is 39.7 Å². The number of carbonyl (C=O) groups excluding carboxylic acids is 3. The molecule has 2 saturated heterocycles. The summed E-state index contributed by atoms with van der Waals surface area (Å²) in [6.45, 7) is 7.91. The molecule has 0 unspecified atom stereocenters. The van der Waals surface area contributed by atoms with E-state index >= 15 is 0 Å². The van der Waals surface area contributed by atoms with Gasteiger partial charge < -0.3 is 10.6 Å². The van der Waals surface area contributed by atoms with Gasteiger partial charge in [0.25, 0.3) is 5.91 Å². The number of benzene rings is 1. The van der Waals surface area contributed by atoms with Crippen LogP contribution in [0.5, 0.6) is 0 Å². The van der Waals surface area contributed by atoms with Gasteiger partial charge in [0.2, 0.25) is 17.4 Å². The zero-order chi connectivity index (χ0) is 19.7. The fraction of sp³-hybridized carbons (Fsp3) is 0.550. The molecule has 144 valence electrons. The molecule has 0 radical (unpaired) electrons. The number of hydrogen-bond acceptors (Lipinski definition) is 3. The van der Waals surface area contributed by atoms with Crippen LogP contribution >= 0.6 is 11.6 Å². The number of quaternary nitrogens is 1. The third-order valence-electron chi connectivity index (χ3n) is 6.62. The van der Waals surface area contributed by atoms with Crippen LogP contribution in [-0.4, -0.2) is 34.7 Å². The number of fused-ring (bicyclic) bond motifs is 4. The number of carbonyl (C=O) groups is 3. The molecule has 1 aromatic rings. The minimum atomic E-state index is -1.13. The zero-order valence-electron chi connectivity index (χ0n) is 16.0. The summed E-state index contributed by atoms with van der Waals surface area (Å²) in [5.41, 5.74) is 0.144. The maximum atomic E-state index is 13.4. The van der Waals surface area contributed by atoms with Crippen molar-refractivity contribution in [3.05, 3.63) is 28.8 Å². The van der Waals surface area contributed by atoms with Crippen molar-refractivity contribution < 1.29 is 19.7 Å². The molecule has 3 aliphatic rings. The largest absolute Gasteiger partial charge is 0.326 e. The first-order valence-corrected chi connectivity index (χ1v) is 9.96. The van der Waals surface area contributed by atoms with Gasteiger partial charge in [-0.1, -0.05) is 38.4 Å². The molecule has 1 aromatic carbocycles. The maximum absolute atomic E-state index is 13.4. The van der Waals surface area contributed by atoms with Crippen molar-refractivity contribution in [2.45, 2.75) is 51.7 Å². The average Bonchev–Trinajstić information content (AvgIpc) is 3.21. The van der Waals surface area contributed by atoms with E-state index in [9.17, 15) is 14.4 Å². The molecular weight excluding hydrogens is 366 g/mol. The third kappa shape index (κ3) is 2.20. The molecule has 0 aliphatic carbocycles. The van der Waals surface area contributed by atoms with Crippen molar-refractivity contribution in [3.8, 4) is 0 Å².